The molecule has 2 heterocycles. The highest BCUT2D eigenvalue weighted by atomic mass is 16.4. The Labute approximate surface area is 91.5 Å². The molecule has 0 bridgehead atoms. The summed E-state index contributed by atoms with van der Waals surface area (Å²) in [5, 5.41) is 18.2. The number of fused-ring (bicyclic) bond motifs is 1. The lowest BCUT2D eigenvalue weighted by atomic mass is 10.1. The molecular weight excluding hydrogens is 204 g/mol. The van der Waals surface area contributed by atoms with Crippen molar-refractivity contribution >= 4 is 11.5 Å². The van der Waals surface area contributed by atoms with Crippen LogP contribution in [0.5, 0.6) is 0 Å². The molecule has 0 saturated heterocycles. The van der Waals surface area contributed by atoms with Crippen LogP contribution < -0.4 is 4.68 Å². The highest BCUT2D eigenvalue weighted by molar-refractivity contribution is 6.44. The van der Waals surface area contributed by atoms with Crippen LogP contribution in [0.3, 0.4) is 0 Å². The molecule has 0 aliphatic carbocycles. The van der Waals surface area contributed by atoms with Crippen molar-refractivity contribution < 1.29 is 4.68 Å². The maximum absolute atomic E-state index is 10.8. The summed E-state index contributed by atoms with van der Waals surface area (Å²) in [5.41, 5.74) is 1.48. The van der Waals surface area contributed by atoms with Gasteiger partial charge in [0.2, 0.25) is 5.71 Å². The van der Waals surface area contributed by atoms with Crippen molar-refractivity contribution in [3.05, 3.63) is 59.6 Å². The SMILES string of the molecule is [O-]/N=C1\C(c2ccccc2)=Nn2ccc[n+]21. The van der Waals surface area contributed by atoms with E-state index >= 15 is 0 Å². The number of rotatable bonds is 1. The summed E-state index contributed by atoms with van der Waals surface area (Å²) in [6.45, 7) is 0. The van der Waals surface area contributed by atoms with E-state index in [2.05, 4.69) is 10.3 Å². The fourth-order valence-corrected chi connectivity index (χ4v) is 1.71. The average Bonchev–Trinajstić information content (AvgIpc) is 2.89. The van der Waals surface area contributed by atoms with Crippen LogP contribution in [0.2, 0.25) is 0 Å². The monoisotopic (exact) mass is 212 g/mol. The van der Waals surface area contributed by atoms with E-state index < -0.39 is 0 Å². The Bertz CT molecular complexity index is 583. The number of aromatic nitrogens is 2. The van der Waals surface area contributed by atoms with Crippen molar-refractivity contribution in [2.24, 2.45) is 10.3 Å². The molecule has 1 aromatic carbocycles. The van der Waals surface area contributed by atoms with Crippen molar-refractivity contribution in [2.45, 2.75) is 0 Å². The largest absolute Gasteiger partial charge is 0.714 e. The van der Waals surface area contributed by atoms with Crippen molar-refractivity contribution in [3.63, 3.8) is 0 Å². The molecule has 3 rings (SSSR count). The molecule has 5 nitrogen and oxygen atoms in total. The summed E-state index contributed by atoms with van der Waals surface area (Å²) >= 11 is 0. The van der Waals surface area contributed by atoms with Crippen LogP contribution >= 0.6 is 0 Å². The predicted molar refractivity (Wildman–Crippen MR) is 59.2 cm³/mol. The molecule has 78 valence electrons. The van der Waals surface area contributed by atoms with Crippen LogP contribution in [-0.2, 0) is 0 Å². The van der Waals surface area contributed by atoms with Gasteiger partial charge >= 0.3 is 5.84 Å². The topological polar surface area (TPSA) is 56.6 Å². The van der Waals surface area contributed by atoms with Gasteiger partial charge in [0.25, 0.3) is 0 Å². The van der Waals surface area contributed by atoms with Gasteiger partial charge in [0, 0.05) is 5.56 Å². The second-order valence-electron chi connectivity index (χ2n) is 3.39. The lowest BCUT2D eigenvalue weighted by molar-refractivity contribution is -0.639. The van der Waals surface area contributed by atoms with E-state index in [0.717, 1.165) is 5.56 Å². The summed E-state index contributed by atoms with van der Waals surface area (Å²) in [5.74, 6) is 0.316. The fourth-order valence-electron chi connectivity index (χ4n) is 1.71. The van der Waals surface area contributed by atoms with Gasteiger partial charge in [0.1, 0.15) is 0 Å². The van der Waals surface area contributed by atoms with E-state index in [0.29, 0.717) is 11.5 Å². The van der Waals surface area contributed by atoms with Crippen molar-refractivity contribution in [2.75, 3.05) is 0 Å². The smallest absolute Gasteiger partial charge is 0.327 e. The van der Waals surface area contributed by atoms with E-state index in [1.807, 2.05) is 30.3 Å². The van der Waals surface area contributed by atoms with Gasteiger partial charge in [0.15, 0.2) is 0 Å². The fraction of sp³-hybridized carbons (Fsp3) is 0. The Morgan fingerprint density at radius 2 is 2.00 bits per heavy atom. The minimum Gasteiger partial charge on any atom is -0.714 e. The van der Waals surface area contributed by atoms with Gasteiger partial charge in [-0.25, -0.2) is 0 Å². The van der Waals surface area contributed by atoms with Gasteiger partial charge < -0.3 is 5.21 Å². The molecular formula is C11H8N4O. The normalized spacial score (nSPS) is 16.2. The number of hydrogen-bond donors (Lipinski definition) is 0. The molecule has 0 atom stereocenters. The van der Waals surface area contributed by atoms with E-state index in [9.17, 15) is 5.21 Å². The number of benzene rings is 1. The van der Waals surface area contributed by atoms with Crippen LogP contribution in [0.15, 0.2) is 59.0 Å². The number of hydrogen-bond acceptors (Lipinski definition) is 3. The van der Waals surface area contributed by atoms with Crippen LogP contribution in [0, 0.1) is 5.21 Å². The van der Waals surface area contributed by atoms with Gasteiger partial charge in [-0.05, 0) is 11.2 Å². The molecule has 1 aliphatic rings. The Morgan fingerprint density at radius 1 is 1.19 bits per heavy atom. The lowest BCUT2D eigenvalue weighted by Crippen LogP contribution is -2.47. The molecule has 0 radical (unpaired) electrons. The highest BCUT2D eigenvalue weighted by Crippen LogP contribution is 2.06. The average molecular weight is 212 g/mol. The predicted octanol–water partition coefficient (Wildman–Crippen LogP) is 0.786. The number of nitrogens with zero attached hydrogens (tertiary/aromatic N) is 4. The van der Waals surface area contributed by atoms with Gasteiger partial charge in [-0.2, -0.15) is 0 Å². The van der Waals surface area contributed by atoms with E-state index in [-0.39, 0.29) is 0 Å². The van der Waals surface area contributed by atoms with Gasteiger partial charge in [-0.1, -0.05) is 35.1 Å². The molecule has 0 fully saturated rings. The Hall–Kier alpha value is -2.43. The van der Waals surface area contributed by atoms with E-state index in [1.54, 1.807) is 27.9 Å². The molecule has 0 spiro atoms. The van der Waals surface area contributed by atoms with Gasteiger partial charge in [-0.15, -0.1) is 9.84 Å². The summed E-state index contributed by atoms with van der Waals surface area (Å²) in [7, 11) is 0. The zero-order valence-electron chi connectivity index (χ0n) is 8.32. The molecule has 0 amide bonds. The van der Waals surface area contributed by atoms with Crippen LogP contribution in [0.1, 0.15) is 5.56 Å². The molecule has 0 N–H and O–H groups in total. The van der Waals surface area contributed by atoms with Crippen molar-refractivity contribution in [1.82, 2.24) is 4.79 Å². The molecule has 16 heavy (non-hydrogen) atoms. The zero-order valence-corrected chi connectivity index (χ0v) is 8.32. The summed E-state index contributed by atoms with van der Waals surface area (Å²) < 4.78 is 1.61. The Kier molecular flexibility index (Phi) is 1.83. The standard InChI is InChI=1S/C11H8N4O/c16-13-11-10(9-5-2-1-3-6-9)12-15-8-4-7-14(11)15/h1-8H/b13-11+. The van der Waals surface area contributed by atoms with Gasteiger partial charge in [-0.3, -0.25) is 0 Å². The first-order valence-electron chi connectivity index (χ1n) is 4.85. The van der Waals surface area contributed by atoms with Crippen LogP contribution in [-0.4, -0.2) is 16.3 Å². The second kappa shape index (κ2) is 3.30. The first kappa shape index (κ1) is 8.84. The third-order valence-corrected chi connectivity index (χ3v) is 2.43. The third-order valence-electron chi connectivity index (χ3n) is 2.43. The maximum Gasteiger partial charge on any atom is 0.327 e. The first-order valence-corrected chi connectivity index (χ1v) is 4.85. The second-order valence-corrected chi connectivity index (χ2v) is 3.39. The Balaban J connectivity index is 2.15. The molecule has 1 aromatic heterocycles. The van der Waals surface area contributed by atoms with Crippen molar-refractivity contribution in [1.29, 1.82) is 0 Å². The molecule has 1 aliphatic heterocycles. The first-order chi connectivity index (χ1) is 7.90. The lowest BCUT2D eigenvalue weighted by Gasteiger charge is -1.96. The maximum atomic E-state index is 10.8. The van der Waals surface area contributed by atoms with E-state index in [1.165, 1.54) is 0 Å². The molecule has 0 unspecified atom stereocenters. The van der Waals surface area contributed by atoms with Gasteiger partial charge in [0.05, 0.1) is 12.4 Å². The Morgan fingerprint density at radius 3 is 2.75 bits per heavy atom. The van der Waals surface area contributed by atoms with Crippen molar-refractivity contribution in [3.8, 4) is 0 Å². The minimum atomic E-state index is 0.316. The minimum absolute atomic E-state index is 0.316. The molecule has 0 saturated carbocycles. The van der Waals surface area contributed by atoms with E-state index in [4.69, 9.17) is 0 Å². The summed E-state index contributed by atoms with van der Waals surface area (Å²) in [6, 6.07) is 11.3. The third kappa shape index (κ3) is 1.15. The summed E-state index contributed by atoms with van der Waals surface area (Å²) in [6.07, 6.45) is 3.51. The highest BCUT2D eigenvalue weighted by Gasteiger charge is 2.30. The zero-order chi connectivity index (χ0) is 11.0. The molecule has 5 heteroatoms. The van der Waals surface area contributed by atoms with Crippen LogP contribution in [0.4, 0.5) is 0 Å². The molecule has 2 aromatic rings. The quantitative estimate of drug-likeness (QED) is 0.509. The summed E-state index contributed by atoms with van der Waals surface area (Å²) in [4.78, 5) is 1.58. The van der Waals surface area contributed by atoms with Crippen LogP contribution in [0.25, 0.3) is 0 Å².